The molecule has 25 heavy (non-hydrogen) atoms. The molecule has 3 nitrogen and oxygen atoms in total. The molecule has 2 aliphatic carbocycles. The van der Waals surface area contributed by atoms with Gasteiger partial charge in [0.15, 0.2) is 11.5 Å². The van der Waals surface area contributed by atoms with E-state index in [1.54, 1.807) is 6.92 Å². The van der Waals surface area contributed by atoms with Gasteiger partial charge in [-0.1, -0.05) is 25.7 Å². The minimum absolute atomic E-state index is 0.170. The second-order valence-electron chi connectivity index (χ2n) is 7.20. The van der Waals surface area contributed by atoms with Gasteiger partial charge in [0.25, 0.3) is 0 Å². The van der Waals surface area contributed by atoms with Gasteiger partial charge in [0.2, 0.25) is 11.6 Å². The first-order valence-corrected chi connectivity index (χ1v) is 9.42. The van der Waals surface area contributed by atoms with Crippen LogP contribution in [0.5, 0.6) is 11.5 Å². The number of hydrogen-bond acceptors (Lipinski definition) is 3. The van der Waals surface area contributed by atoms with Gasteiger partial charge in [-0.3, -0.25) is 4.79 Å². The Labute approximate surface area is 147 Å². The highest BCUT2D eigenvalue weighted by Crippen LogP contribution is 2.41. The van der Waals surface area contributed by atoms with Crippen LogP contribution in [0.4, 0.5) is 8.78 Å². The smallest absolute Gasteiger partial charge is 0.314 e. The van der Waals surface area contributed by atoms with Crippen LogP contribution >= 0.6 is 0 Å². The fraction of sp³-hybridized carbons (Fsp3) is 0.650. The van der Waals surface area contributed by atoms with E-state index in [4.69, 9.17) is 9.47 Å². The summed E-state index contributed by atoms with van der Waals surface area (Å²) in [6.07, 6.45) is 8.91. The van der Waals surface area contributed by atoms with E-state index < -0.39 is 17.6 Å². The van der Waals surface area contributed by atoms with E-state index >= 15 is 0 Å². The van der Waals surface area contributed by atoms with E-state index in [-0.39, 0.29) is 24.0 Å². The van der Waals surface area contributed by atoms with Crippen molar-refractivity contribution in [1.29, 1.82) is 0 Å². The molecule has 0 spiro atoms. The number of carbonyl (C=O) groups excluding carboxylic acids is 1. The van der Waals surface area contributed by atoms with Crippen molar-refractivity contribution in [2.45, 2.75) is 58.3 Å². The Hall–Kier alpha value is -1.65. The zero-order chi connectivity index (χ0) is 17.8. The standard InChI is InChI=1S/C20H26F2O3/c1-2-24-16-11-12-17(19(22)18(16)21)25-20(23)15-9-7-14(8-10-15)13-5-3-4-6-13/h11-15H,2-10H2,1H3. The van der Waals surface area contributed by atoms with E-state index in [2.05, 4.69) is 0 Å². The molecular formula is C20H26F2O3. The van der Waals surface area contributed by atoms with Gasteiger partial charge in [0.05, 0.1) is 12.5 Å². The zero-order valence-corrected chi connectivity index (χ0v) is 14.7. The maximum absolute atomic E-state index is 14.0. The third-order valence-electron chi connectivity index (χ3n) is 5.69. The quantitative estimate of drug-likeness (QED) is 0.535. The summed E-state index contributed by atoms with van der Waals surface area (Å²) in [6, 6.07) is 2.55. The van der Waals surface area contributed by atoms with Crippen molar-refractivity contribution in [2.24, 2.45) is 17.8 Å². The van der Waals surface area contributed by atoms with Crippen LogP contribution in [0.25, 0.3) is 0 Å². The molecule has 0 aliphatic heterocycles. The van der Waals surface area contributed by atoms with Crippen LogP contribution in [0.1, 0.15) is 58.3 Å². The molecule has 2 fully saturated rings. The second kappa shape index (κ2) is 8.15. The molecular weight excluding hydrogens is 326 g/mol. The van der Waals surface area contributed by atoms with Crippen LogP contribution in [0.15, 0.2) is 12.1 Å². The van der Waals surface area contributed by atoms with E-state index in [1.165, 1.54) is 37.8 Å². The summed E-state index contributed by atoms with van der Waals surface area (Å²) in [7, 11) is 0. The molecule has 0 bridgehead atoms. The lowest BCUT2D eigenvalue weighted by atomic mass is 9.75. The average Bonchev–Trinajstić information content (AvgIpc) is 3.16. The number of carbonyl (C=O) groups is 1. The van der Waals surface area contributed by atoms with Crippen molar-refractivity contribution in [1.82, 2.24) is 0 Å². The van der Waals surface area contributed by atoms with Gasteiger partial charge in [-0.05, 0) is 56.6 Å². The number of esters is 1. The molecule has 3 rings (SSSR count). The molecule has 0 radical (unpaired) electrons. The van der Waals surface area contributed by atoms with Crippen LogP contribution in [0, 0.1) is 29.4 Å². The summed E-state index contributed by atoms with van der Waals surface area (Å²) in [4.78, 5) is 12.3. The molecule has 5 heteroatoms. The maximum Gasteiger partial charge on any atom is 0.314 e. The summed E-state index contributed by atoms with van der Waals surface area (Å²) in [5.41, 5.74) is 0. The van der Waals surface area contributed by atoms with Gasteiger partial charge in [-0.2, -0.15) is 8.78 Å². The fourth-order valence-electron chi connectivity index (χ4n) is 4.31. The highest BCUT2D eigenvalue weighted by Gasteiger charge is 2.33. The van der Waals surface area contributed by atoms with Crippen molar-refractivity contribution in [2.75, 3.05) is 6.61 Å². The fourth-order valence-corrected chi connectivity index (χ4v) is 4.31. The average molecular weight is 352 g/mol. The summed E-state index contributed by atoms with van der Waals surface area (Å²) in [5.74, 6) is -1.95. The molecule has 0 amide bonds. The SMILES string of the molecule is CCOc1ccc(OC(=O)C2CCC(C3CCCC3)CC2)c(F)c1F. The minimum Gasteiger partial charge on any atom is -0.491 e. The Morgan fingerprint density at radius 3 is 2.16 bits per heavy atom. The molecule has 0 unspecified atom stereocenters. The molecule has 2 aliphatic rings. The highest BCUT2D eigenvalue weighted by molar-refractivity contribution is 5.75. The van der Waals surface area contributed by atoms with Gasteiger partial charge in [0.1, 0.15) is 0 Å². The van der Waals surface area contributed by atoms with E-state index in [1.807, 2.05) is 0 Å². The number of hydrogen-bond donors (Lipinski definition) is 0. The predicted octanol–water partition coefficient (Wildman–Crippen LogP) is 5.27. The van der Waals surface area contributed by atoms with Crippen LogP contribution in [-0.4, -0.2) is 12.6 Å². The largest absolute Gasteiger partial charge is 0.491 e. The van der Waals surface area contributed by atoms with Gasteiger partial charge in [0, 0.05) is 0 Å². The van der Waals surface area contributed by atoms with Crippen LogP contribution < -0.4 is 9.47 Å². The van der Waals surface area contributed by atoms with Gasteiger partial charge in [-0.25, -0.2) is 0 Å². The predicted molar refractivity (Wildman–Crippen MR) is 90.6 cm³/mol. The van der Waals surface area contributed by atoms with Crippen molar-refractivity contribution in [3.05, 3.63) is 23.8 Å². The van der Waals surface area contributed by atoms with Crippen molar-refractivity contribution >= 4 is 5.97 Å². The Bertz CT molecular complexity index is 603. The third kappa shape index (κ3) is 4.13. The van der Waals surface area contributed by atoms with Crippen molar-refractivity contribution in [3.8, 4) is 11.5 Å². The normalized spacial score (nSPS) is 24.3. The Morgan fingerprint density at radius 1 is 0.960 bits per heavy atom. The summed E-state index contributed by atoms with van der Waals surface area (Å²) < 4.78 is 38.1. The molecule has 0 N–H and O–H groups in total. The number of rotatable bonds is 5. The Balaban J connectivity index is 1.57. The molecule has 138 valence electrons. The minimum atomic E-state index is -1.17. The monoisotopic (exact) mass is 352 g/mol. The molecule has 0 heterocycles. The molecule has 2 saturated carbocycles. The lowest BCUT2D eigenvalue weighted by Gasteiger charge is -2.31. The molecule has 0 aromatic heterocycles. The van der Waals surface area contributed by atoms with Crippen molar-refractivity contribution < 1.29 is 23.0 Å². The van der Waals surface area contributed by atoms with Crippen LogP contribution in [0.2, 0.25) is 0 Å². The summed E-state index contributed by atoms with van der Waals surface area (Å²) >= 11 is 0. The van der Waals surface area contributed by atoms with E-state index in [0.717, 1.165) is 31.6 Å². The lowest BCUT2D eigenvalue weighted by molar-refractivity contribution is -0.140. The van der Waals surface area contributed by atoms with Crippen LogP contribution in [0.3, 0.4) is 0 Å². The second-order valence-corrected chi connectivity index (χ2v) is 7.20. The van der Waals surface area contributed by atoms with Gasteiger partial charge >= 0.3 is 5.97 Å². The number of ether oxygens (including phenoxy) is 2. The van der Waals surface area contributed by atoms with E-state index in [0.29, 0.717) is 5.92 Å². The molecule has 0 saturated heterocycles. The van der Waals surface area contributed by atoms with Gasteiger partial charge < -0.3 is 9.47 Å². The number of halogens is 2. The molecule has 1 aromatic rings. The van der Waals surface area contributed by atoms with Crippen LogP contribution in [-0.2, 0) is 4.79 Å². The maximum atomic E-state index is 14.0. The highest BCUT2D eigenvalue weighted by atomic mass is 19.2. The topological polar surface area (TPSA) is 35.5 Å². The Kier molecular flexibility index (Phi) is 5.92. The molecule has 1 aromatic carbocycles. The Morgan fingerprint density at radius 2 is 1.52 bits per heavy atom. The number of benzene rings is 1. The van der Waals surface area contributed by atoms with Crippen molar-refractivity contribution in [3.63, 3.8) is 0 Å². The zero-order valence-electron chi connectivity index (χ0n) is 14.7. The third-order valence-corrected chi connectivity index (χ3v) is 5.69. The van der Waals surface area contributed by atoms with Gasteiger partial charge in [-0.15, -0.1) is 0 Å². The summed E-state index contributed by atoms with van der Waals surface area (Å²) in [6.45, 7) is 1.92. The molecule has 0 atom stereocenters. The first-order chi connectivity index (χ1) is 12.1. The summed E-state index contributed by atoms with van der Waals surface area (Å²) in [5, 5.41) is 0. The first kappa shape index (κ1) is 18.2. The first-order valence-electron chi connectivity index (χ1n) is 9.42. The lowest BCUT2D eigenvalue weighted by Crippen LogP contribution is -2.28. The van der Waals surface area contributed by atoms with E-state index in [9.17, 15) is 13.6 Å².